The van der Waals surface area contributed by atoms with Crippen molar-refractivity contribution >= 4 is 45.3 Å². The Morgan fingerprint density at radius 2 is 1.45 bits per heavy atom. The van der Waals surface area contributed by atoms with E-state index in [4.69, 9.17) is 9.97 Å². The molecule has 5 aromatic rings. The number of hydrogen-bond donors (Lipinski definition) is 1. The van der Waals surface area contributed by atoms with Crippen LogP contribution in [-0.4, -0.2) is 15.9 Å². The largest absolute Gasteiger partial charge is 0.416 e. The first-order valence-electron chi connectivity index (χ1n) is 9.77. The van der Waals surface area contributed by atoms with Gasteiger partial charge in [-0.3, -0.25) is 4.79 Å². The van der Waals surface area contributed by atoms with Crippen LogP contribution < -0.4 is 5.32 Å². The van der Waals surface area contributed by atoms with Gasteiger partial charge in [0.05, 0.1) is 26.4 Å². The summed E-state index contributed by atoms with van der Waals surface area (Å²) in [6.45, 7) is 0. The summed E-state index contributed by atoms with van der Waals surface area (Å²) in [7, 11) is 0. The molecule has 1 N–H and O–H groups in total. The van der Waals surface area contributed by atoms with Crippen LogP contribution in [0.5, 0.6) is 0 Å². The van der Waals surface area contributed by atoms with Gasteiger partial charge >= 0.3 is 6.18 Å². The summed E-state index contributed by atoms with van der Waals surface area (Å²) in [6, 6.07) is 17.2. The zero-order valence-electron chi connectivity index (χ0n) is 16.8. The Balaban J connectivity index is 1.52. The molecule has 0 fully saturated rings. The van der Waals surface area contributed by atoms with E-state index in [2.05, 4.69) is 5.32 Å². The summed E-state index contributed by atoms with van der Waals surface area (Å²) in [4.78, 5) is 24.3. The monoisotopic (exact) mass is 481 g/mol. The van der Waals surface area contributed by atoms with E-state index in [1.807, 2.05) is 35.0 Å². The van der Waals surface area contributed by atoms with Gasteiger partial charge in [-0.15, -0.1) is 22.7 Å². The molecule has 164 valence electrons. The Morgan fingerprint density at radius 3 is 2.06 bits per heavy atom. The lowest BCUT2D eigenvalue weighted by Gasteiger charge is -2.11. The topological polar surface area (TPSA) is 54.9 Å². The van der Waals surface area contributed by atoms with Gasteiger partial charge in [-0.1, -0.05) is 18.2 Å². The smallest absolute Gasteiger partial charge is 0.322 e. The average molecular weight is 482 g/mol. The van der Waals surface area contributed by atoms with Crippen LogP contribution in [0.2, 0.25) is 0 Å². The highest BCUT2D eigenvalue weighted by atomic mass is 32.1. The third-order valence-electron chi connectivity index (χ3n) is 4.88. The second kappa shape index (κ2) is 8.42. The summed E-state index contributed by atoms with van der Waals surface area (Å²) in [5, 5.41) is 6.46. The van der Waals surface area contributed by atoms with E-state index in [1.54, 1.807) is 40.9 Å². The van der Waals surface area contributed by atoms with Crippen molar-refractivity contribution in [3.63, 3.8) is 0 Å². The molecule has 0 aliphatic heterocycles. The van der Waals surface area contributed by atoms with Crippen LogP contribution in [0.3, 0.4) is 0 Å². The molecule has 0 bridgehead atoms. The minimum Gasteiger partial charge on any atom is -0.322 e. The molecule has 33 heavy (non-hydrogen) atoms. The maximum atomic E-state index is 13.0. The van der Waals surface area contributed by atoms with Gasteiger partial charge < -0.3 is 5.32 Å². The van der Waals surface area contributed by atoms with Crippen LogP contribution in [0.15, 0.2) is 77.5 Å². The molecule has 2 aromatic carbocycles. The van der Waals surface area contributed by atoms with Gasteiger partial charge in [-0.2, -0.15) is 13.2 Å². The number of hydrogen-bond acceptors (Lipinski definition) is 5. The number of aromatic nitrogens is 2. The Hall–Kier alpha value is -3.56. The van der Waals surface area contributed by atoms with E-state index < -0.39 is 17.6 Å². The van der Waals surface area contributed by atoms with Gasteiger partial charge in [0.15, 0.2) is 0 Å². The lowest BCUT2D eigenvalue weighted by Crippen LogP contribution is -2.13. The number of nitrogens with one attached hydrogen (secondary N) is 1. The molecule has 5 rings (SSSR count). The summed E-state index contributed by atoms with van der Waals surface area (Å²) in [5.41, 5.74) is 2.14. The van der Waals surface area contributed by atoms with Gasteiger partial charge in [0.25, 0.3) is 5.91 Å². The number of thiophene rings is 2. The van der Waals surface area contributed by atoms with Crippen molar-refractivity contribution in [3.05, 3.63) is 88.6 Å². The standard InChI is InChI=1S/C24H14F3N3OS2/c25-24(26,27)15-4-1-5-16(13-15)28-23(31)14-8-9-17-18(12-14)30-22(20-7-3-11-33-20)21(29-17)19-6-2-10-32-19/h1-13H,(H,28,31). The van der Waals surface area contributed by atoms with E-state index in [0.717, 1.165) is 33.3 Å². The fourth-order valence-electron chi connectivity index (χ4n) is 3.34. The number of benzene rings is 2. The van der Waals surface area contributed by atoms with Crippen molar-refractivity contribution in [2.24, 2.45) is 0 Å². The van der Waals surface area contributed by atoms with E-state index in [1.165, 1.54) is 12.1 Å². The zero-order chi connectivity index (χ0) is 23.0. The maximum Gasteiger partial charge on any atom is 0.416 e. The van der Waals surface area contributed by atoms with Crippen molar-refractivity contribution in [2.75, 3.05) is 5.32 Å². The van der Waals surface area contributed by atoms with Crippen LogP contribution in [0.4, 0.5) is 18.9 Å². The summed E-state index contributed by atoms with van der Waals surface area (Å²) < 4.78 is 38.9. The first kappa shape index (κ1) is 21.3. The predicted molar refractivity (Wildman–Crippen MR) is 126 cm³/mol. The summed E-state index contributed by atoms with van der Waals surface area (Å²) >= 11 is 3.11. The number of alkyl halides is 3. The minimum atomic E-state index is -4.49. The number of rotatable bonds is 4. The third-order valence-corrected chi connectivity index (χ3v) is 6.64. The van der Waals surface area contributed by atoms with Crippen molar-refractivity contribution in [2.45, 2.75) is 6.18 Å². The van der Waals surface area contributed by atoms with Gasteiger partial charge in [0.1, 0.15) is 11.4 Å². The average Bonchev–Trinajstić information content (AvgIpc) is 3.52. The highest BCUT2D eigenvalue weighted by molar-refractivity contribution is 7.14. The molecule has 9 heteroatoms. The molecule has 0 saturated carbocycles. The highest BCUT2D eigenvalue weighted by Crippen LogP contribution is 2.35. The molecule has 0 atom stereocenters. The van der Waals surface area contributed by atoms with Gasteiger partial charge in [-0.05, 0) is 59.3 Å². The second-order valence-corrected chi connectivity index (χ2v) is 9.01. The first-order valence-corrected chi connectivity index (χ1v) is 11.5. The molecule has 3 aromatic heterocycles. The fraction of sp³-hybridized carbons (Fsp3) is 0.0417. The molecule has 0 saturated heterocycles. The maximum absolute atomic E-state index is 13.0. The number of nitrogens with zero attached hydrogens (tertiary/aromatic N) is 2. The molecule has 0 aliphatic carbocycles. The van der Waals surface area contributed by atoms with Crippen molar-refractivity contribution in [1.82, 2.24) is 9.97 Å². The van der Waals surface area contributed by atoms with E-state index in [0.29, 0.717) is 11.0 Å². The normalized spacial score (nSPS) is 11.6. The molecular formula is C24H14F3N3OS2. The predicted octanol–water partition coefficient (Wildman–Crippen LogP) is 7.36. The molecule has 0 spiro atoms. The van der Waals surface area contributed by atoms with Crippen LogP contribution >= 0.6 is 22.7 Å². The fourth-order valence-corrected chi connectivity index (χ4v) is 4.77. The number of carbonyl (C=O) groups excluding carboxylic acids is 1. The molecule has 3 heterocycles. The van der Waals surface area contributed by atoms with Crippen LogP contribution in [0.1, 0.15) is 15.9 Å². The molecule has 0 radical (unpaired) electrons. The van der Waals surface area contributed by atoms with E-state index in [9.17, 15) is 18.0 Å². The Morgan fingerprint density at radius 1 is 0.788 bits per heavy atom. The molecule has 0 aliphatic rings. The number of halogens is 3. The van der Waals surface area contributed by atoms with Crippen LogP contribution in [0.25, 0.3) is 32.2 Å². The van der Waals surface area contributed by atoms with Gasteiger partial charge in [-0.25, -0.2) is 9.97 Å². The van der Waals surface area contributed by atoms with Crippen molar-refractivity contribution < 1.29 is 18.0 Å². The summed E-state index contributed by atoms with van der Waals surface area (Å²) in [5.74, 6) is -0.530. The number of anilines is 1. The highest BCUT2D eigenvalue weighted by Gasteiger charge is 2.30. The Labute approximate surface area is 194 Å². The van der Waals surface area contributed by atoms with Crippen molar-refractivity contribution in [1.29, 1.82) is 0 Å². The number of amides is 1. The zero-order valence-corrected chi connectivity index (χ0v) is 18.4. The SMILES string of the molecule is O=C(Nc1cccc(C(F)(F)F)c1)c1ccc2nc(-c3cccs3)c(-c3cccs3)nc2c1. The minimum absolute atomic E-state index is 0.0633. The molecule has 4 nitrogen and oxygen atoms in total. The van der Waals surface area contributed by atoms with Crippen LogP contribution in [-0.2, 0) is 6.18 Å². The molecular weight excluding hydrogens is 467 g/mol. The lowest BCUT2D eigenvalue weighted by molar-refractivity contribution is -0.137. The van der Waals surface area contributed by atoms with E-state index >= 15 is 0 Å². The first-order chi connectivity index (χ1) is 15.9. The number of carbonyl (C=O) groups is 1. The third kappa shape index (κ3) is 4.37. The Bertz CT molecular complexity index is 1450. The summed E-state index contributed by atoms with van der Waals surface area (Å²) in [6.07, 6.45) is -4.49. The van der Waals surface area contributed by atoms with Gasteiger partial charge in [0, 0.05) is 11.3 Å². The molecule has 1 amide bonds. The van der Waals surface area contributed by atoms with Crippen LogP contribution in [0, 0.1) is 0 Å². The molecule has 0 unspecified atom stereocenters. The quantitative estimate of drug-likeness (QED) is 0.292. The van der Waals surface area contributed by atoms with Crippen molar-refractivity contribution in [3.8, 4) is 21.1 Å². The van der Waals surface area contributed by atoms with Gasteiger partial charge in [0.2, 0.25) is 0 Å². The number of fused-ring (bicyclic) bond motifs is 1. The second-order valence-electron chi connectivity index (χ2n) is 7.11. The lowest BCUT2D eigenvalue weighted by atomic mass is 10.1. The Kier molecular flexibility index (Phi) is 5.43. The van der Waals surface area contributed by atoms with E-state index in [-0.39, 0.29) is 11.3 Å².